The number of nitrogens with zero attached hydrogens (tertiary/aromatic N) is 3. The van der Waals surface area contributed by atoms with Gasteiger partial charge in [-0.05, 0) is 38.9 Å². The first-order valence-electron chi connectivity index (χ1n) is 7.51. The van der Waals surface area contributed by atoms with Gasteiger partial charge in [0.1, 0.15) is 18.0 Å². The van der Waals surface area contributed by atoms with Crippen LogP contribution in [0.25, 0.3) is 0 Å². The van der Waals surface area contributed by atoms with E-state index < -0.39 is 0 Å². The van der Waals surface area contributed by atoms with Gasteiger partial charge in [0.05, 0.1) is 0 Å². The van der Waals surface area contributed by atoms with Crippen LogP contribution in [0.3, 0.4) is 0 Å². The standard InChI is InChI=1S/C15H26N4OS/c1-15(2,21-3)10-16-13-7-14(18-11-17-13)19-6-4-5-12(8-19)9-20/h7,11-12,20H,4-6,8-10H2,1-3H3,(H,16,17,18). The molecule has 0 radical (unpaired) electrons. The molecule has 2 rings (SSSR count). The number of hydrogen-bond donors (Lipinski definition) is 2. The van der Waals surface area contributed by atoms with E-state index in [4.69, 9.17) is 0 Å². The van der Waals surface area contributed by atoms with Crippen molar-refractivity contribution in [2.45, 2.75) is 31.4 Å². The zero-order valence-corrected chi connectivity index (χ0v) is 14.0. The fourth-order valence-corrected chi connectivity index (χ4v) is 2.63. The quantitative estimate of drug-likeness (QED) is 0.840. The lowest BCUT2D eigenvalue weighted by Crippen LogP contribution is -2.37. The average molecular weight is 310 g/mol. The molecule has 118 valence electrons. The molecule has 1 aliphatic heterocycles. The molecule has 2 heterocycles. The van der Waals surface area contributed by atoms with E-state index >= 15 is 0 Å². The van der Waals surface area contributed by atoms with Crippen LogP contribution in [0.15, 0.2) is 12.4 Å². The van der Waals surface area contributed by atoms with Crippen LogP contribution in [-0.4, -0.2) is 52.3 Å². The summed E-state index contributed by atoms with van der Waals surface area (Å²) in [6, 6.07) is 2.01. The number of aliphatic hydroxyl groups excluding tert-OH is 1. The van der Waals surface area contributed by atoms with Crippen LogP contribution < -0.4 is 10.2 Å². The maximum absolute atomic E-state index is 9.34. The first-order valence-corrected chi connectivity index (χ1v) is 8.73. The SMILES string of the molecule is CSC(C)(C)CNc1cc(N2CCCC(CO)C2)ncn1. The Morgan fingerprint density at radius 1 is 1.48 bits per heavy atom. The second-order valence-electron chi connectivity index (χ2n) is 6.22. The Hall–Kier alpha value is -1.01. The predicted molar refractivity (Wildman–Crippen MR) is 90.1 cm³/mol. The zero-order valence-electron chi connectivity index (χ0n) is 13.2. The highest BCUT2D eigenvalue weighted by atomic mass is 32.2. The Bertz CT molecular complexity index is 455. The van der Waals surface area contributed by atoms with Crippen molar-refractivity contribution >= 4 is 23.4 Å². The summed E-state index contributed by atoms with van der Waals surface area (Å²) in [6.07, 6.45) is 5.95. The fraction of sp³-hybridized carbons (Fsp3) is 0.733. The predicted octanol–water partition coefficient (Wildman–Crippen LogP) is 2.24. The molecule has 1 aromatic rings. The summed E-state index contributed by atoms with van der Waals surface area (Å²) in [7, 11) is 0. The van der Waals surface area contributed by atoms with E-state index in [1.54, 1.807) is 6.33 Å². The highest BCUT2D eigenvalue weighted by Crippen LogP contribution is 2.24. The van der Waals surface area contributed by atoms with E-state index in [0.29, 0.717) is 5.92 Å². The molecule has 1 fully saturated rings. The van der Waals surface area contributed by atoms with Crippen molar-refractivity contribution in [3.8, 4) is 0 Å². The Labute approximate surface area is 131 Å². The summed E-state index contributed by atoms with van der Waals surface area (Å²) < 4.78 is 0.179. The molecule has 1 atom stereocenters. The van der Waals surface area contributed by atoms with Gasteiger partial charge in [0.15, 0.2) is 0 Å². The number of nitrogens with one attached hydrogen (secondary N) is 1. The maximum Gasteiger partial charge on any atom is 0.134 e. The van der Waals surface area contributed by atoms with Crippen molar-refractivity contribution in [1.82, 2.24) is 9.97 Å². The van der Waals surface area contributed by atoms with Crippen molar-refractivity contribution in [2.75, 3.05) is 42.7 Å². The number of thioether (sulfide) groups is 1. The smallest absolute Gasteiger partial charge is 0.134 e. The van der Waals surface area contributed by atoms with Gasteiger partial charge in [0.25, 0.3) is 0 Å². The van der Waals surface area contributed by atoms with Gasteiger partial charge in [0.2, 0.25) is 0 Å². The van der Waals surface area contributed by atoms with Crippen molar-refractivity contribution in [3.63, 3.8) is 0 Å². The molecule has 2 N–H and O–H groups in total. The normalized spacial score (nSPS) is 19.6. The van der Waals surface area contributed by atoms with Crippen LogP contribution in [0.2, 0.25) is 0 Å². The van der Waals surface area contributed by atoms with Crippen LogP contribution in [0.5, 0.6) is 0 Å². The number of aromatic nitrogens is 2. The molecular formula is C15H26N4OS. The molecule has 0 amide bonds. The van der Waals surface area contributed by atoms with Crippen LogP contribution in [0, 0.1) is 5.92 Å². The number of hydrogen-bond acceptors (Lipinski definition) is 6. The molecule has 0 saturated carbocycles. The van der Waals surface area contributed by atoms with Crippen LogP contribution in [-0.2, 0) is 0 Å². The van der Waals surface area contributed by atoms with E-state index in [2.05, 4.69) is 40.3 Å². The van der Waals surface area contributed by atoms with Crippen molar-refractivity contribution < 1.29 is 5.11 Å². The van der Waals surface area contributed by atoms with Crippen LogP contribution >= 0.6 is 11.8 Å². The summed E-state index contributed by atoms with van der Waals surface area (Å²) in [6.45, 7) is 7.43. The van der Waals surface area contributed by atoms with E-state index in [1.165, 1.54) is 0 Å². The van der Waals surface area contributed by atoms with Crippen LogP contribution in [0.4, 0.5) is 11.6 Å². The molecule has 1 saturated heterocycles. The number of rotatable bonds is 6. The molecule has 0 aliphatic carbocycles. The Morgan fingerprint density at radius 3 is 3.00 bits per heavy atom. The Kier molecular flexibility index (Phi) is 5.70. The van der Waals surface area contributed by atoms with E-state index in [0.717, 1.165) is 44.1 Å². The molecule has 1 aliphatic rings. The molecule has 6 heteroatoms. The van der Waals surface area contributed by atoms with Gasteiger partial charge in [0, 0.05) is 37.1 Å². The number of piperidine rings is 1. The minimum absolute atomic E-state index is 0.179. The van der Waals surface area contributed by atoms with Gasteiger partial charge in [-0.3, -0.25) is 0 Å². The second-order valence-corrected chi connectivity index (χ2v) is 7.73. The minimum atomic E-state index is 0.179. The van der Waals surface area contributed by atoms with Crippen molar-refractivity contribution in [3.05, 3.63) is 12.4 Å². The lowest BCUT2D eigenvalue weighted by atomic mass is 9.99. The monoisotopic (exact) mass is 310 g/mol. The second kappa shape index (κ2) is 7.31. The Balaban J connectivity index is 2.00. The lowest BCUT2D eigenvalue weighted by Gasteiger charge is -2.32. The van der Waals surface area contributed by atoms with Gasteiger partial charge in [-0.25, -0.2) is 9.97 Å². The van der Waals surface area contributed by atoms with Crippen molar-refractivity contribution in [2.24, 2.45) is 5.92 Å². The molecular weight excluding hydrogens is 284 g/mol. The topological polar surface area (TPSA) is 61.3 Å². The summed E-state index contributed by atoms with van der Waals surface area (Å²) in [4.78, 5) is 10.9. The molecule has 1 unspecified atom stereocenters. The van der Waals surface area contributed by atoms with E-state index in [1.807, 2.05) is 17.8 Å². The van der Waals surface area contributed by atoms with E-state index in [-0.39, 0.29) is 11.4 Å². The van der Waals surface area contributed by atoms with Gasteiger partial charge >= 0.3 is 0 Å². The summed E-state index contributed by atoms with van der Waals surface area (Å²) in [5.74, 6) is 2.18. The number of anilines is 2. The Morgan fingerprint density at radius 2 is 2.29 bits per heavy atom. The first kappa shape index (κ1) is 16.4. The van der Waals surface area contributed by atoms with Gasteiger partial charge in [-0.2, -0.15) is 11.8 Å². The molecule has 0 aromatic carbocycles. The largest absolute Gasteiger partial charge is 0.396 e. The number of aliphatic hydroxyl groups is 1. The summed E-state index contributed by atoms with van der Waals surface area (Å²) in [5, 5.41) is 12.7. The third-order valence-electron chi connectivity index (χ3n) is 4.00. The first-order chi connectivity index (χ1) is 10.0. The fourth-order valence-electron chi connectivity index (χ4n) is 2.41. The van der Waals surface area contributed by atoms with Gasteiger partial charge in [-0.15, -0.1) is 0 Å². The maximum atomic E-state index is 9.34. The van der Waals surface area contributed by atoms with Gasteiger partial charge in [-0.1, -0.05) is 0 Å². The molecule has 0 spiro atoms. The lowest BCUT2D eigenvalue weighted by molar-refractivity contribution is 0.208. The molecule has 1 aromatic heterocycles. The van der Waals surface area contributed by atoms with E-state index in [9.17, 15) is 5.11 Å². The minimum Gasteiger partial charge on any atom is -0.396 e. The zero-order chi connectivity index (χ0) is 15.3. The summed E-state index contributed by atoms with van der Waals surface area (Å²) >= 11 is 1.84. The highest BCUT2D eigenvalue weighted by molar-refractivity contribution is 7.99. The highest BCUT2D eigenvalue weighted by Gasteiger charge is 2.21. The molecule has 5 nitrogen and oxygen atoms in total. The van der Waals surface area contributed by atoms with Crippen LogP contribution in [0.1, 0.15) is 26.7 Å². The third-order valence-corrected chi connectivity index (χ3v) is 5.25. The van der Waals surface area contributed by atoms with Crippen molar-refractivity contribution in [1.29, 1.82) is 0 Å². The molecule has 0 bridgehead atoms. The molecule has 21 heavy (non-hydrogen) atoms. The average Bonchev–Trinajstić information content (AvgIpc) is 2.53. The van der Waals surface area contributed by atoms with Gasteiger partial charge < -0.3 is 15.3 Å². The third kappa shape index (κ3) is 4.74. The summed E-state index contributed by atoms with van der Waals surface area (Å²) in [5.41, 5.74) is 0.